The Morgan fingerprint density at radius 2 is 1.56 bits per heavy atom. The molecule has 3 amide bonds. The molecule has 0 unspecified atom stereocenters. The highest BCUT2D eigenvalue weighted by atomic mass is 16.6. The first-order valence-corrected chi connectivity index (χ1v) is 8.38. The average molecular weight is 385 g/mol. The number of methoxy groups -OCH3 is 1. The number of amides is 3. The van der Waals surface area contributed by atoms with Gasteiger partial charge in [0.05, 0.1) is 7.11 Å². The number of nitrogens with zero attached hydrogens (tertiary/aromatic N) is 3. The van der Waals surface area contributed by atoms with Crippen LogP contribution in [0.3, 0.4) is 0 Å². The van der Waals surface area contributed by atoms with E-state index in [1.165, 1.54) is 6.92 Å². The second kappa shape index (κ2) is 7.93. The Labute approximate surface area is 158 Å². The van der Waals surface area contributed by atoms with E-state index in [-0.39, 0.29) is 5.96 Å². The van der Waals surface area contributed by atoms with E-state index in [4.69, 9.17) is 9.47 Å². The minimum atomic E-state index is -1.02. The van der Waals surface area contributed by atoms with Crippen LogP contribution in [0.4, 0.5) is 9.59 Å². The van der Waals surface area contributed by atoms with Crippen LogP contribution in [0.15, 0.2) is 4.99 Å². The predicted octanol–water partition coefficient (Wildman–Crippen LogP) is 1.92. The van der Waals surface area contributed by atoms with Gasteiger partial charge >= 0.3 is 18.2 Å². The molecule has 1 rings (SSSR count). The molecule has 0 spiro atoms. The van der Waals surface area contributed by atoms with Crippen molar-refractivity contribution in [1.29, 1.82) is 0 Å². The van der Waals surface area contributed by atoms with Gasteiger partial charge in [-0.05, 0) is 48.5 Å². The molecule has 1 aliphatic rings. The number of hydrogen-bond acceptors (Lipinski definition) is 7. The van der Waals surface area contributed by atoms with Gasteiger partial charge in [-0.25, -0.2) is 14.5 Å². The first-order valence-electron chi connectivity index (χ1n) is 8.38. The van der Waals surface area contributed by atoms with Crippen molar-refractivity contribution < 1.29 is 33.4 Å². The third kappa shape index (κ3) is 6.22. The summed E-state index contributed by atoms with van der Waals surface area (Å²) in [7, 11) is 1.16. The summed E-state index contributed by atoms with van der Waals surface area (Å²) in [6, 6.07) is -1.02. The summed E-state index contributed by atoms with van der Waals surface area (Å²) in [6.07, 6.45) is -1.89. The second-order valence-electron chi connectivity index (χ2n) is 7.92. The van der Waals surface area contributed by atoms with Crippen molar-refractivity contribution in [3.05, 3.63) is 0 Å². The molecule has 0 aromatic carbocycles. The average Bonchev–Trinajstić information content (AvgIpc) is 2.68. The van der Waals surface area contributed by atoms with Crippen LogP contribution in [0, 0.1) is 0 Å². The van der Waals surface area contributed by atoms with E-state index in [0.717, 1.165) is 16.9 Å². The van der Waals surface area contributed by atoms with E-state index in [0.29, 0.717) is 0 Å². The van der Waals surface area contributed by atoms with Crippen LogP contribution >= 0.6 is 0 Å². The lowest BCUT2D eigenvalue weighted by molar-refractivity contribution is -0.144. The van der Waals surface area contributed by atoms with Crippen molar-refractivity contribution >= 4 is 30.0 Å². The molecule has 1 heterocycles. The Morgan fingerprint density at radius 1 is 1.04 bits per heavy atom. The molecule has 0 aromatic rings. The molecule has 152 valence electrons. The summed E-state index contributed by atoms with van der Waals surface area (Å²) in [6.45, 7) is 10.8. The number of ether oxygens (including phenoxy) is 3. The van der Waals surface area contributed by atoms with Gasteiger partial charge < -0.3 is 14.2 Å². The van der Waals surface area contributed by atoms with Crippen molar-refractivity contribution in [2.24, 2.45) is 4.99 Å². The lowest BCUT2D eigenvalue weighted by atomic mass is 10.2. The summed E-state index contributed by atoms with van der Waals surface area (Å²) >= 11 is 0. The van der Waals surface area contributed by atoms with E-state index < -0.39 is 47.9 Å². The predicted molar refractivity (Wildman–Crippen MR) is 94.9 cm³/mol. The maximum atomic E-state index is 12.6. The minimum absolute atomic E-state index is 0.346. The standard InChI is InChI=1S/C17H27N3O7/c1-10-12(22)19(9-11(21)25-8)13(18-14(23)26-16(2,3)4)20(10)15(24)27-17(5,6)7/h10H,9H2,1-8H3/b18-13+/t10-/m1/s1. The molecule has 0 aromatic heterocycles. The number of carbonyl (C=O) groups is 4. The topological polar surface area (TPSA) is 115 Å². The van der Waals surface area contributed by atoms with Crippen LogP contribution in [0.1, 0.15) is 48.5 Å². The van der Waals surface area contributed by atoms with Gasteiger partial charge in [-0.3, -0.25) is 14.5 Å². The molecule has 1 fully saturated rings. The fourth-order valence-corrected chi connectivity index (χ4v) is 2.11. The minimum Gasteiger partial charge on any atom is -0.468 e. The zero-order chi connectivity index (χ0) is 21.2. The lowest BCUT2D eigenvalue weighted by Gasteiger charge is -2.26. The summed E-state index contributed by atoms with van der Waals surface area (Å²) in [4.78, 5) is 54.5. The van der Waals surface area contributed by atoms with Crippen LogP contribution in [0.2, 0.25) is 0 Å². The van der Waals surface area contributed by atoms with Crippen LogP contribution in [0.5, 0.6) is 0 Å². The number of hydrogen-bond donors (Lipinski definition) is 0. The van der Waals surface area contributed by atoms with Gasteiger partial charge in [0.1, 0.15) is 23.8 Å². The van der Waals surface area contributed by atoms with Crippen LogP contribution < -0.4 is 0 Å². The third-order valence-corrected chi connectivity index (χ3v) is 3.16. The largest absolute Gasteiger partial charge is 0.468 e. The summed E-state index contributed by atoms with van der Waals surface area (Å²) in [5.74, 6) is -1.69. The van der Waals surface area contributed by atoms with Gasteiger partial charge in [0.2, 0.25) is 5.96 Å². The van der Waals surface area contributed by atoms with Gasteiger partial charge in [-0.2, -0.15) is 0 Å². The maximum absolute atomic E-state index is 12.6. The third-order valence-electron chi connectivity index (χ3n) is 3.16. The van der Waals surface area contributed by atoms with Crippen molar-refractivity contribution in [2.75, 3.05) is 13.7 Å². The summed E-state index contributed by atoms with van der Waals surface area (Å²) in [5.41, 5.74) is -1.67. The van der Waals surface area contributed by atoms with E-state index in [2.05, 4.69) is 9.73 Å². The molecule has 1 aliphatic heterocycles. The fraction of sp³-hybridized carbons (Fsp3) is 0.706. The summed E-state index contributed by atoms with van der Waals surface area (Å²) in [5, 5.41) is 0. The van der Waals surface area contributed by atoms with E-state index in [1.54, 1.807) is 41.5 Å². The molecule has 0 bridgehead atoms. The normalized spacial score (nSPS) is 19.3. The highest BCUT2D eigenvalue weighted by Crippen LogP contribution is 2.22. The van der Waals surface area contributed by atoms with E-state index in [1.807, 2.05) is 0 Å². The van der Waals surface area contributed by atoms with Crippen molar-refractivity contribution in [2.45, 2.75) is 65.7 Å². The van der Waals surface area contributed by atoms with Crippen LogP contribution in [-0.4, -0.2) is 70.7 Å². The molecule has 0 aliphatic carbocycles. The maximum Gasteiger partial charge on any atom is 0.437 e. The van der Waals surface area contributed by atoms with E-state index >= 15 is 0 Å². The molecule has 0 radical (unpaired) electrons. The number of carbonyl (C=O) groups excluding carboxylic acids is 4. The van der Waals surface area contributed by atoms with Crippen LogP contribution in [0.25, 0.3) is 0 Å². The second-order valence-corrected chi connectivity index (χ2v) is 7.92. The SMILES string of the molecule is COC(=O)CN1C(=O)[C@@H](C)N(C(=O)OC(C)(C)C)/C1=N/C(=O)OC(C)(C)C. The van der Waals surface area contributed by atoms with Gasteiger partial charge in [0, 0.05) is 0 Å². The zero-order valence-corrected chi connectivity index (χ0v) is 17.0. The van der Waals surface area contributed by atoms with Gasteiger partial charge in [0.25, 0.3) is 5.91 Å². The van der Waals surface area contributed by atoms with Crippen LogP contribution in [-0.2, 0) is 23.8 Å². The zero-order valence-electron chi connectivity index (χ0n) is 17.0. The number of esters is 1. The Bertz CT molecular complexity index is 658. The Balaban J connectivity index is 3.32. The quantitative estimate of drug-likeness (QED) is 0.527. The molecule has 0 N–H and O–H groups in total. The number of aliphatic imine (C=N–C) groups is 1. The molecular weight excluding hydrogens is 358 g/mol. The fourth-order valence-electron chi connectivity index (χ4n) is 2.11. The number of guanidine groups is 1. The molecule has 10 nitrogen and oxygen atoms in total. The highest BCUT2D eigenvalue weighted by Gasteiger charge is 2.47. The Hall–Kier alpha value is -2.65. The highest BCUT2D eigenvalue weighted by molar-refractivity contribution is 6.15. The number of rotatable bonds is 2. The van der Waals surface area contributed by atoms with Crippen molar-refractivity contribution in [1.82, 2.24) is 9.80 Å². The van der Waals surface area contributed by atoms with Gasteiger partial charge in [0.15, 0.2) is 0 Å². The molecular formula is C17H27N3O7. The van der Waals surface area contributed by atoms with Crippen molar-refractivity contribution in [3.8, 4) is 0 Å². The molecule has 0 saturated carbocycles. The molecule has 10 heteroatoms. The smallest absolute Gasteiger partial charge is 0.437 e. The Morgan fingerprint density at radius 3 is 2.00 bits per heavy atom. The van der Waals surface area contributed by atoms with Gasteiger partial charge in [-0.1, -0.05) is 0 Å². The molecule has 27 heavy (non-hydrogen) atoms. The van der Waals surface area contributed by atoms with Crippen molar-refractivity contribution in [3.63, 3.8) is 0 Å². The van der Waals surface area contributed by atoms with Gasteiger partial charge in [-0.15, -0.1) is 4.99 Å². The van der Waals surface area contributed by atoms with E-state index in [9.17, 15) is 19.2 Å². The lowest BCUT2D eigenvalue weighted by Crippen LogP contribution is -2.44. The monoisotopic (exact) mass is 385 g/mol. The first-order chi connectivity index (χ1) is 12.2. The molecule has 1 saturated heterocycles. The first kappa shape index (κ1) is 22.4. The Kier molecular flexibility index (Phi) is 6.58. The molecule has 1 atom stereocenters. The summed E-state index contributed by atoms with van der Waals surface area (Å²) < 4.78 is 15.0.